The molecule has 0 aromatic carbocycles. The second-order valence-corrected chi connectivity index (χ2v) is 9.42. The summed E-state index contributed by atoms with van der Waals surface area (Å²) in [6, 6.07) is 3.61. The smallest absolute Gasteiger partial charge is 0.270 e. The SMILES string of the molecule is O=C1CCCc2ncc(F)cc2[C@@H]2CCCN2c2cc([B]SI)n3ncc(c3n2)N1. The first-order valence-electron chi connectivity index (χ1n) is 9.84. The third-order valence-electron chi connectivity index (χ3n) is 5.62. The number of halogens is 2. The summed E-state index contributed by atoms with van der Waals surface area (Å²) >= 11 is 2.21. The molecule has 0 saturated carbocycles. The van der Waals surface area contributed by atoms with Crippen LogP contribution < -0.4 is 15.8 Å². The second kappa shape index (κ2) is 8.33. The molecule has 5 heterocycles. The van der Waals surface area contributed by atoms with Crippen LogP contribution in [0.3, 0.4) is 0 Å². The maximum Gasteiger partial charge on any atom is 0.270 e. The quantitative estimate of drug-likeness (QED) is 0.402. The van der Waals surface area contributed by atoms with E-state index in [9.17, 15) is 9.18 Å². The zero-order valence-corrected chi connectivity index (χ0v) is 19.0. The molecule has 11 heteroatoms. The zero-order valence-electron chi connectivity index (χ0n) is 16.0. The minimum absolute atomic E-state index is 0.00837. The van der Waals surface area contributed by atoms with Crippen molar-refractivity contribution in [3.05, 3.63) is 41.6 Å². The molecule has 2 bridgehead atoms. The minimum Gasteiger partial charge on any atom is -0.349 e. The number of carbonyl (C=O) groups excluding carboxylic acids is 1. The van der Waals surface area contributed by atoms with E-state index in [-0.39, 0.29) is 17.8 Å². The normalized spacial score (nSPS) is 18.9. The van der Waals surface area contributed by atoms with Crippen LogP contribution in [0.15, 0.2) is 24.5 Å². The number of carbonyl (C=O) groups is 1. The number of hydrogen-bond acceptors (Lipinski definition) is 6. The molecule has 0 spiro atoms. The van der Waals surface area contributed by atoms with E-state index in [1.54, 1.807) is 25.6 Å². The number of nitrogens with one attached hydrogen (secondary N) is 1. The van der Waals surface area contributed by atoms with Crippen molar-refractivity contribution in [3.63, 3.8) is 0 Å². The molecule has 1 saturated heterocycles. The standard InChI is InChI=1S/C19H18BFIN6OS/c21-11-7-12-13(23-9-11)3-1-5-18(29)25-14-10-24-28-16(20-30-22)8-17(26-19(14)28)27-6-2-4-15(12)27/h7-10,15H,1-6H2,(H,25,29)/t15-/m0/s1. The van der Waals surface area contributed by atoms with Crippen LogP contribution in [-0.2, 0) is 11.2 Å². The van der Waals surface area contributed by atoms with Gasteiger partial charge in [-0.05, 0) is 64.6 Å². The van der Waals surface area contributed by atoms with Crippen molar-refractivity contribution in [2.45, 2.75) is 38.1 Å². The van der Waals surface area contributed by atoms with Gasteiger partial charge in [-0.15, -0.1) is 8.78 Å². The van der Waals surface area contributed by atoms with Crippen LogP contribution in [-0.4, -0.2) is 38.6 Å². The fourth-order valence-corrected chi connectivity index (χ4v) is 5.35. The van der Waals surface area contributed by atoms with Crippen molar-refractivity contribution < 1.29 is 9.18 Å². The molecule has 5 rings (SSSR count). The molecule has 1 N–H and O–H groups in total. The fraction of sp³-hybridized carbons (Fsp3) is 0.368. The van der Waals surface area contributed by atoms with Gasteiger partial charge in [-0.2, -0.15) is 5.10 Å². The molecule has 3 aromatic rings. The van der Waals surface area contributed by atoms with Crippen LogP contribution in [0.2, 0.25) is 0 Å². The van der Waals surface area contributed by atoms with Gasteiger partial charge in [0.2, 0.25) is 5.91 Å². The highest BCUT2D eigenvalue weighted by molar-refractivity contribution is 14.2. The number of nitrogens with zero attached hydrogens (tertiary/aromatic N) is 5. The van der Waals surface area contributed by atoms with Gasteiger partial charge >= 0.3 is 0 Å². The van der Waals surface area contributed by atoms with Crippen molar-refractivity contribution >= 4 is 65.2 Å². The predicted molar refractivity (Wildman–Crippen MR) is 125 cm³/mol. The van der Waals surface area contributed by atoms with Gasteiger partial charge in [-0.25, -0.2) is 13.9 Å². The molecule has 153 valence electrons. The predicted octanol–water partition coefficient (Wildman–Crippen LogP) is 3.21. The Balaban J connectivity index is 1.70. The number of rotatable bonds is 2. The highest BCUT2D eigenvalue weighted by Crippen LogP contribution is 2.37. The lowest BCUT2D eigenvalue weighted by atomic mass is 9.98. The van der Waals surface area contributed by atoms with Crippen molar-refractivity contribution in [2.24, 2.45) is 0 Å². The van der Waals surface area contributed by atoms with E-state index in [0.29, 0.717) is 30.6 Å². The van der Waals surface area contributed by atoms with E-state index in [0.717, 1.165) is 42.1 Å². The first-order valence-corrected chi connectivity index (χ1v) is 13.3. The Hall–Kier alpha value is -1.89. The van der Waals surface area contributed by atoms with E-state index < -0.39 is 0 Å². The Morgan fingerprint density at radius 1 is 1.27 bits per heavy atom. The average Bonchev–Trinajstić information content (AvgIpc) is 3.36. The van der Waals surface area contributed by atoms with Gasteiger partial charge in [0.05, 0.1) is 18.4 Å². The van der Waals surface area contributed by atoms with Crippen LogP contribution in [0.1, 0.15) is 43.0 Å². The number of anilines is 2. The monoisotopic (exact) mass is 535 g/mol. The number of pyridine rings is 1. The molecule has 7 nitrogen and oxygen atoms in total. The zero-order chi connectivity index (χ0) is 20.7. The minimum atomic E-state index is -0.334. The van der Waals surface area contributed by atoms with Crippen molar-refractivity contribution in [1.29, 1.82) is 0 Å². The maximum atomic E-state index is 14.1. The molecule has 30 heavy (non-hydrogen) atoms. The van der Waals surface area contributed by atoms with E-state index >= 15 is 0 Å². The topological polar surface area (TPSA) is 75.4 Å². The van der Waals surface area contributed by atoms with Gasteiger partial charge in [0.15, 0.2) is 5.65 Å². The maximum absolute atomic E-state index is 14.1. The average molecular weight is 535 g/mol. The molecule has 0 unspecified atom stereocenters. The third-order valence-corrected chi connectivity index (χ3v) is 6.71. The molecular weight excluding hydrogens is 517 g/mol. The van der Waals surface area contributed by atoms with Crippen molar-refractivity contribution in [2.75, 3.05) is 16.8 Å². The Bertz CT molecular complexity index is 1130. The lowest BCUT2D eigenvalue weighted by molar-refractivity contribution is -0.116. The fourth-order valence-electron chi connectivity index (χ4n) is 4.31. The van der Waals surface area contributed by atoms with Crippen LogP contribution in [0.5, 0.6) is 0 Å². The van der Waals surface area contributed by atoms with E-state index in [4.69, 9.17) is 4.98 Å². The number of hydrogen-bond donors (Lipinski definition) is 1. The van der Waals surface area contributed by atoms with Crippen LogP contribution in [0.4, 0.5) is 15.9 Å². The van der Waals surface area contributed by atoms with Gasteiger partial charge in [-0.3, -0.25) is 9.78 Å². The molecule has 2 aliphatic rings. The lowest BCUT2D eigenvalue weighted by Gasteiger charge is -2.28. The van der Waals surface area contributed by atoms with Crippen molar-refractivity contribution in [1.82, 2.24) is 19.6 Å². The molecule has 2 aliphatic heterocycles. The van der Waals surface area contributed by atoms with Crippen LogP contribution >= 0.6 is 30.0 Å². The summed E-state index contributed by atoms with van der Waals surface area (Å²) in [6.45, 7) is 2.83. The summed E-state index contributed by atoms with van der Waals surface area (Å²) in [5.74, 6) is 0.376. The van der Waals surface area contributed by atoms with Crippen molar-refractivity contribution in [3.8, 4) is 0 Å². The summed E-state index contributed by atoms with van der Waals surface area (Å²) in [7, 11) is 1.55. The molecule has 0 aliphatic carbocycles. The molecular formula is C19H18BFIN6OS. The van der Waals surface area contributed by atoms with Gasteiger partial charge in [0.1, 0.15) is 17.3 Å². The number of amides is 1. The van der Waals surface area contributed by atoms with E-state index in [1.165, 1.54) is 6.20 Å². The molecule has 1 atom stereocenters. The van der Waals surface area contributed by atoms with E-state index in [1.807, 2.05) is 12.6 Å². The molecule has 1 radical (unpaired) electrons. The van der Waals surface area contributed by atoms with Gasteiger partial charge in [-0.1, -0.05) is 0 Å². The van der Waals surface area contributed by atoms with Gasteiger partial charge < -0.3 is 10.2 Å². The molecule has 1 amide bonds. The van der Waals surface area contributed by atoms with Gasteiger partial charge in [0.25, 0.3) is 6.56 Å². The Morgan fingerprint density at radius 3 is 3.03 bits per heavy atom. The number of fused-ring (bicyclic) bond motifs is 5. The third kappa shape index (κ3) is 3.66. The summed E-state index contributed by atoms with van der Waals surface area (Å²) in [6.07, 6.45) is 6.45. The largest absolute Gasteiger partial charge is 0.349 e. The summed E-state index contributed by atoms with van der Waals surface area (Å²) < 4.78 is 15.9. The van der Waals surface area contributed by atoms with Crippen LogP contribution in [0, 0.1) is 5.82 Å². The Morgan fingerprint density at radius 2 is 2.17 bits per heavy atom. The Labute approximate surface area is 189 Å². The summed E-state index contributed by atoms with van der Waals surface area (Å²) in [5.41, 5.74) is 3.86. The van der Waals surface area contributed by atoms with Crippen LogP contribution in [0.25, 0.3) is 5.65 Å². The lowest BCUT2D eigenvalue weighted by Crippen LogP contribution is -2.29. The second-order valence-electron chi connectivity index (χ2n) is 7.48. The highest BCUT2D eigenvalue weighted by atomic mass is 127. The molecule has 1 fully saturated rings. The Kier molecular flexibility index (Phi) is 5.57. The highest BCUT2D eigenvalue weighted by Gasteiger charge is 2.31. The summed E-state index contributed by atoms with van der Waals surface area (Å²) in [5, 5.41) is 7.38. The number of aromatic nitrogens is 4. The number of aryl methyl sites for hydroxylation is 1. The molecule has 3 aromatic heterocycles. The van der Waals surface area contributed by atoms with Gasteiger partial charge in [0, 0.05) is 24.3 Å². The first kappa shape index (κ1) is 20.0. The van der Waals surface area contributed by atoms with E-state index in [2.05, 4.69) is 41.5 Å². The summed E-state index contributed by atoms with van der Waals surface area (Å²) in [4.78, 5) is 24.0. The first-order chi connectivity index (χ1) is 14.6.